The van der Waals surface area contributed by atoms with Gasteiger partial charge < -0.3 is 5.48 Å². The van der Waals surface area contributed by atoms with E-state index in [1.54, 1.807) is 0 Å². The van der Waals surface area contributed by atoms with Gasteiger partial charge in [-0.2, -0.15) is 0 Å². The summed E-state index contributed by atoms with van der Waals surface area (Å²) in [7, 11) is 0. The van der Waals surface area contributed by atoms with E-state index in [2.05, 4.69) is 0 Å². The summed E-state index contributed by atoms with van der Waals surface area (Å²) in [5.74, 6) is 0. The summed E-state index contributed by atoms with van der Waals surface area (Å²) in [6, 6.07) is 0. The molecule has 7 heteroatoms. The molecule has 1 radical (unpaired) electrons. The summed E-state index contributed by atoms with van der Waals surface area (Å²) in [5, 5.41) is 0. The van der Waals surface area contributed by atoms with Gasteiger partial charge in [-0.3, -0.25) is 0 Å². The molecule has 0 aliphatic carbocycles. The number of hydrogen-bond donors (Lipinski definition) is 2. The Kier molecular flexibility index (Phi) is 10.5. The van der Waals surface area contributed by atoms with Gasteiger partial charge in [-0.05, 0) is 0 Å². The van der Waals surface area contributed by atoms with Gasteiger partial charge >= 0.3 is 46.6 Å². The molecule has 0 unspecified atom stereocenters. The number of rotatable bonds is 0. The van der Waals surface area contributed by atoms with Gasteiger partial charge in [-0.1, -0.05) is 0 Å². The average molecular weight is 198 g/mol. The van der Waals surface area contributed by atoms with Crippen molar-refractivity contribution in [3.63, 3.8) is 0 Å². The second-order valence-corrected chi connectivity index (χ2v) is 1.85. The third-order valence-electron chi connectivity index (χ3n) is 0. The van der Waals surface area contributed by atoms with Crippen LogP contribution >= 0.6 is 0 Å². The van der Waals surface area contributed by atoms with Gasteiger partial charge in [0, 0.05) is 0 Å². The van der Waals surface area contributed by atoms with Crippen LogP contribution < -0.4 is 0 Å². The van der Waals surface area contributed by atoms with Crippen molar-refractivity contribution < 1.29 is 52.1 Å². The Morgan fingerprint density at radius 3 is 1.14 bits per heavy atom. The molecule has 7 heavy (non-hydrogen) atoms. The van der Waals surface area contributed by atoms with Crippen molar-refractivity contribution in [3.8, 4) is 0 Å². The van der Waals surface area contributed by atoms with Crippen LogP contribution in [-0.2, 0) is 43.8 Å². The molecule has 0 rings (SSSR count). The molecule has 0 saturated heterocycles. The molecule has 5 nitrogen and oxygen atoms in total. The summed E-state index contributed by atoms with van der Waals surface area (Å²) in [6.07, 6.45) is 0. The third kappa shape index (κ3) is 474. The van der Waals surface area contributed by atoms with Crippen molar-refractivity contribution in [1.82, 2.24) is 0 Å². The second kappa shape index (κ2) is 4.69. The van der Waals surface area contributed by atoms with E-state index in [4.69, 9.17) is 15.9 Å². The van der Waals surface area contributed by atoms with E-state index in [1.807, 2.05) is 0 Å². The molecule has 0 fully saturated rings. The predicted molar refractivity (Wildman–Crippen MR) is 6.50 cm³/mol. The first kappa shape index (κ1) is 15.6. The summed E-state index contributed by atoms with van der Waals surface area (Å²) >= 11 is -5.25. The van der Waals surface area contributed by atoms with E-state index in [-0.39, 0.29) is 22.5 Å². The van der Waals surface area contributed by atoms with Crippen LogP contribution in [0.3, 0.4) is 0 Å². The molecule has 0 aromatic heterocycles. The van der Waals surface area contributed by atoms with E-state index < -0.39 is 13.6 Å². The summed E-state index contributed by atoms with van der Waals surface area (Å²) in [5.41, 5.74) is 0. The zero-order valence-electron chi connectivity index (χ0n) is 2.83. The van der Waals surface area contributed by atoms with Crippen molar-refractivity contribution in [2.75, 3.05) is 0 Å². The molecule has 2 N–H and O–H groups in total. The molecule has 0 aromatic rings. The van der Waals surface area contributed by atoms with Crippen LogP contribution in [0.5, 0.6) is 0 Å². The Bertz CT molecular complexity index is 91.2. The Morgan fingerprint density at radius 1 is 1.14 bits per heavy atom. The topological polar surface area (TPSA) is 103 Å². The first-order valence-corrected chi connectivity index (χ1v) is 2.88. The van der Waals surface area contributed by atoms with Crippen LogP contribution in [-0.4, -0.2) is 8.32 Å². The van der Waals surface area contributed by atoms with Gasteiger partial charge in [-0.25, -0.2) is 0 Å². The van der Waals surface area contributed by atoms with Crippen LogP contribution in [0.4, 0.5) is 0 Å². The molecule has 49 valence electrons. The van der Waals surface area contributed by atoms with Gasteiger partial charge in [0.25, 0.3) is 0 Å². The minimum atomic E-state index is -5.25. The van der Waals surface area contributed by atoms with E-state index in [0.29, 0.717) is 0 Å². The van der Waals surface area contributed by atoms with E-state index in [9.17, 15) is 0 Å². The fourth-order valence-electron chi connectivity index (χ4n) is 0. The molecule has 0 bridgehead atoms. The Hall–Kier alpha value is 0.532. The monoisotopic (exact) mass is 197 g/mol. The van der Waals surface area contributed by atoms with Gasteiger partial charge in [0.15, 0.2) is 0 Å². The van der Waals surface area contributed by atoms with E-state index in [0.717, 1.165) is 0 Å². The zero-order valence-corrected chi connectivity index (χ0v) is 5.05. The van der Waals surface area contributed by atoms with Crippen molar-refractivity contribution in [2.24, 2.45) is 0 Å². The quantitative estimate of drug-likeness (QED) is 0.463. The average Bonchev–Trinajstić information content (AvgIpc) is 0.722. The molecular formula is H2CrCuO5. The van der Waals surface area contributed by atoms with Gasteiger partial charge in [-0.15, -0.1) is 0 Å². The fourth-order valence-corrected chi connectivity index (χ4v) is 0. The van der Waals surface area contributed by atoms with Crippen molar-refractivity contribution >= 4 is 0 Å². The van der Waals surface area contributed by atoms with Gasteiger partial charge in [0.05, 0.1) is 0 Å². The summed E-state index contributed by atoms with van der Waals surface area (Å²) < 4.78 is 31.9. The maximum absolute atomic E-state index is 8.82. The first-order valence-electron chi connectivity index (χ1n) is 0.698. The standard InChI is InChI=1S/Cr.Cu.2H2O.3O/h;;2*1H2;;;/q2*+2;;;;;-2/p-2. The van der Waals surface area contributed by atoms with Gasteiger partial charge in [0.1, 0.15) is 0 Å². The molecule has 0 aliphatic rings. The molecule has 0 aliphatic heterocycles. The Balaban J connectivity index is -0.0000000800. The molecular weight excluding hydrogens is 196 g/mol. The molecule has 0 aromatic carbocycles. The van der Waals surface area contributed by atoms with Crippen molar-refractivity contribution in [3.05, 3.63) is 0 Å². The molecule has 0 saturated carbocycles. The van der Waals surface area contributed by atoms with Crippen LogP contribution in [0.25, 0.3) is 0 Å². The first-order chi connectivity index (χ1) is 2.00. The molecule has 0 heterocycles. The molecule has 0 amide bonds. The van der Waals surface area contributed by atoms with Crippen LogP contribution in [0.1, 0.15) is 0 Å². The fraction of sp³-hybridized carbons (Fsp3) is 0. The predicted octanol–water partition coefficient (Wildman–Crippen LogP) is -1.48. The Labute approximate surface area is 52.5 Å². The SMILES string of the molecule is [Cu+2].[O-2].[O]=[Cr](=[O])([OH])[OH]. The van der Waals surface area contributed by atoms with Gasteiger partial charge in [0.2, 0.25) is 0 Å². The van der Waals surface area contributed by atoms with E-state index in [1.165, 1.54) is 0 Å². The summed E-state index contributed by atoms with van der Waals surface area (Å²) in [6.45, 7) is 0. The van der Waals surface area contributed by atoms with Crippen molar-refractivity contribution in [1.29, 1.82) is 0 Å². The van der Waals surface area contributed by atoms with Crippen LogP contribution in [0.2, 0.25) is 0 Å². The maximum atomic E-state index is 8.82. The second-order valence-electron chi connectivity index (χ2n) is 0.448. The van der Waals surface area contributed by atoms with E-state index >= 15 is 0 Å². The molecule has 0 spiro atoms. The minimum absolute atomic E-state index is 0. The van der Waals surface area contributed by atoms with Crippen LogP contribution in [0.15, 0.2) is 0 Å². The third-order valence-corrected chi connectivity index (χ3v) is 0. The summed E-state index contributed by atoms with van der Waals surface area (Å²) in [4.78, 5) is 0. The van der Waals surface area contributed by atoms with Crippen molar-refractivity contribution in [2.45, 2.75) is 0 Å². The molecule has 0 atom stereocenters. The zero-order chi connectivity index (χ0) is 4.50. The van der Waals surface area contributed by atoms with Crippen LogP contribution in [0, 0.1) is 0 Å². The Morgan fingerprint density at radius 2 is 1.14 bits per heavy atom. The normalized spacial score (nSPS) is 8.29. The number of hydrogen-bond acceptors (Lipinski definition) is 2.